The molecule has 1 atom stereocenters. The number of methoxy groups -OCH3 is 2. The number of thiazole rings is 1. The van der Waals surface area contributed by atoms with Crippen LogP contribution in [0.3, 0.4) is 0 Å². The van der Waals surface area contributed by atoms with Gasteiger partial charge >= 0.3 is 0 Å². The number of benzene rings is 1. The molecule has 1 fully saturated rings. The molecule has 0 bridgehead atoms. The van der Waals surface area contributed by atoms with Gasteiger partial charge < -0.3 is 14.0 Å². The van der Waals surface area contributed by atoms with Crippen LogP contribution in [0.1, 0.15) is 19.3 Å². The third-order valence-electron chi connectivity index (χ3n) is 4.69. The van der Waals surface area contributed by atoms with Gasteiger partial charge in [-0.25, -0.2) is 8.42 Å². The summed E-state index contributed by atoms with van der Waals surface area (Å²) in [5.41, 5.74) is 0.854. The molecule has 1 aromatic carbocycles. The van der Waals surface area contributed by atoms with Gasteiger partial charge in [0.05, 0.1) is 30.7 Å². The second kappa shape index (κ2) is 7.61. The predicted molar refractivity (Wildman–Crippen MR) is 104 cm³/mol. The molecule has 0 aliphatic carbocycles. The van der Waals surface area contributed by atoms with Gasteiger partial charge in [-0.05, 0) is 12.8 Å². The van der Waals surface area contributed by atoms with E-state index in [0.717, 1.165) is 29.3 Å². The molecular weight excluding hydrogens is 390 g/mol. The number of rotatable bonds is 4. The van der Waals surface area contributed by atoms with Crippen LogP contribution < -0.4 is 14.3 Å². The van der Waals surface area contributed by atoms with E-state index in [0.29, 0.717) is 29.3 Å². The molecule has 1 aliphatic rings. The molecule has 1 unspecified atom stereocenters. The Morgan fingerprint density at radius 2 is 1.89 bits per heavy atom. The Morgan fingerprint density at radius 3 is 2.52 bits per heavy atom. The molecule has 8 nitrogen and oxygen atoms in total. The Balaban J connectivity index is 2.04. The van der Waals surface area contributed by atoms with Crippen LogP contribution in [0, 0.1) is 0 Å². The number of fused-ring (bicyclic) bond motifs is 1. The largest absolute Gasteiger partial charge is 0.493 e. The number of sulfonamides is 1. The molecule has 0 spiro atoms. The summed E-state index contributed by atoms with van der Waals surface area (Å²) in [5.74, 6) is 0.758. The zero-order valence-electron chi connectivity index (χ0n) is 15.8. The van der Waals surface area contributed by atoms with E-state index in [1.54, 1.807) is 18.8 Å². The summed E-state index contributed by atoms with van der Waals surface area (Å²) in [6.07, 6.45) is 3.19. The zero-order chi connectivity index (χ0) is 19.8. The Morgan fingerprint density at radius 1 is 1.22 bits per heavy atom. The van der Waals surface area contributed by atoms with Crippen molar-refractivity contribution in [2.24, 2.45) is 12.0 Å². The Kier molecular flexibility index (Phi) is 5.59. The van der Waals surface area contributed by atoms with Gasteiger partial charge in [-0.3, -0.25) is 4.79 Å². The van der Waals surface area contributed by atoms with Gasteiger partial charge in [-0.15, -0.1) is 0 Å². The lowest BCUT2D eigenvalue weighted by Gasteiger charge is -2.31. The van der Waals surface area contributed by atoms with Crippen LogP contribution in [-0.4, -0.2) is 56.3 Å². The van der Waals surface area contributed by atoms with Crippen molar-refractivity contribution < 1.29 is 22.7 Å². The zero-order valence-corrected chi connectivity index (χ0v) is 17.4. The molecular formula is C17H23N3O5S2. The fourth-order valence-corrected chi connectivity index (χ4v) is 5.43. The summed E-state index contributed by atoms with van der Waals surface area (Å²) in [6, 6.07) is 2.94. The highest BCUT2D eigenvalue weighted by molar-refractivity contribution is 7.88. The lowest BCUT2D eigenvalue weighted by atomic mass is 10.0. The van der Waals surface area contributed by atoms with Gasteiger partial charge in [0.1, 0.15) is 6.04 Å². The van der Waals surface area contributed by atoms with Crippen LogP contribution in [0.2, 0.25) is 0 Å². The lowest BCUT2D eigenvalue weighted by Crippen LogP contribution is -2.47. The summed E-state index contributed by atoms with van der Waals surface area (Å²) >= 11 is 1.35. The monoisotopic (exact) mass is 413 g/mol. The summed E-state index contributed by atoms with van der Waals surface area (Å²) in [4.78, 5) is 17.5. The second-order valence-electron chi connectivity index (χ2n) is 6.45. The van der Waals surface area contributed by atoms with Crippen molar-refractivity contribution >= 4 is 37.5 Å². The fraction of sp³-hybridized carbons (Fsp3) is 0.529. The number of hydrogen-bond acceptors (Lipinski definition) is 6. The molecule has 0 N–H and O–H groups in total. The van der Waals surface area contributed by atoms with E-state index in [-0.39, 0.29) is 0 Å². The predicted octanol–water partition coefficient (Wildman–Crippen LogP) is 1.50. The third-order valence-corrected chi connectivity index (χ3v) is 7.07. The van der Waals surface area contributed by atoms with Crippen molar-refractivity contribution in [1.29, 1.82) is 0 Å². The third kappa shape index (κ3) is 3.87. The van der Waals surface area contributed by atoms with E-state index < -0.39 is 22.0 Å². The van der Waals surface area contributed by atoms with Crippen molar-refractivity contribution in [3.8, 4) is 11.5 Å². The summed E-state index contributed by atoms with van der Waals surface area (Å²) < 4.78 is 38.6. The molecule has 1 aromatic heterocycles. The maximum atomic E-state index is 12.8. The van der Waals surface area contributed by atoms with Gasteiger partial charge in [0.2, 0.25) is 10.0 Å². The summed E-state index contributed by atoms with van der Waals surface area (Å²) in [5, 5.41) is 0. The van der Waals surface area contributed by atoms with Gasteiger partial charge in [0, 0.05) is 25.7 Å². The molecule has 1 aliphatic heterocycles. The fourth-order valence-electron chi connectivity index (χ4n) is 3.28. The van der Waals surface area contributed by atoms with Crippen LogP contribution in [0.15, 0.2) is 17.1 Å². The second-order valence-corrected chi connectivity index (χ2v) is 9.40. The molecule has 1 saturated heterocycles. The van der Waals surface area contributed by atoms with E-state index in [1.165, 1.54) is 15.6 Å². The first kappa shape index (κ1) is 19.8. The molecule has 148 valence electrons. The minimum absolute atomic E-state index is 0.359. The smallest absolute Gasteiger partial charge is 0.266 e. The van der Waals surface area contributed by atoms with Crippen LogP contribution >= 0.6 is 11.3 Å². The molecule has 0 saturated carbocycles. The molecule has 2 aromatic rings. The number of amides is 1. The van der Waals surface area contributed by atoms with Gasteiger partial charge in [0.15, 0.2) is 16.3 Å². The molecule has 27 heavy (non-hydrogen) atoms. The minimum atomic E-state index is -3.45. The SMILES string of the molecule is COc1cc2sc(=NC(=O)C3CCCCN3S(C)(=O)=O)n(C)c2cc1OC. The van der Waals surface area contributed by atoms with Gasteiger partial charge in [-0.1, -0.05) is 17.8 Å². The number of hydrogen-bond donors (Lipinski definition) is 0. The number of aryl methyl sites for hydroxylation is 1. The van der Waals surface area contributed by atoms with E-state index >= 15 is 0 Å². The normalized spacial score (nSPS) is 19.4. The first-order valence-corrected chi connectivity index (χ1v) is 11.2. The van der Waals surface area contributed by atoms with Crippen molar-refractivity contribution in [1.82, 2.24) is 8.87 Å². The number of aromatic nitrogens is 1. The number of ether oxygens (including phenoxy) is 2. The number of nitrogens with zero attached hydrogens (tertiary/aromatic N) is 3. The molecule has 1 amide bonds. The Bertz CT molecular complexity index is 1040. The first-order valence-electron chi connectivity index (χ1n) is 8.53. The van der Waals surface area contributed by atoms with Crippen molar-refractivity contribution in [3.63, 3.8) is 0 Å². The van der Waals surface area contributed by atoms with Crippen LogP contribution in [0.5, 0.6) is 11.5 Å². The molecule has 0 radical (unpaired) electrons. The van der Waals surface area contributed by atoms with E-state index in [4.69, 9.17) is 9.47 Å². The molecule has 3 rings (SSSR count). The summed E-state index contributed by atoms with van der Waals surface area (Å²) in [7, 11) is 1.49. The van der Waals surface area contributed by atoms with Gasteiger partial charge in [-0.2, -0.15) is 9.30 Å². The Hall–Kier alpha value is -1.91. The average molecular weight is 414 g/mol. The van der Waals surface area contributed by atoms with Crippen molar-refractivity contribution in [3.05, 3.63) is 16.9 Å². The average Bonchev–Trinajstić information content (AvgIpc) is 2.94. The maximum absolute atomic E-state index is 12.8. The molecule has 10 heteroatoms. The van der Waals surface area contributed by atoms with Crippen LogP contribution in [0.25, 0.3) is 10.2 Å². The van der Waals surface area contributed by atoms with Crippen LogP contribution in [0.4, 0.5) is 0 Å². The quantitative estimate of drug-likeness (QED) is 0.758. The highest BCUT2D eigenvalue weighted by Gasteiger charge is 2.34. The minimum Gasteiger partial charge on any atom is -0.493 e. The number of carbonyl (C=O) groups excluding carboxylic acids is 1. The summed E-state index contributed by atoms with van der Waals surface area (Å²) in [6.45, 7) is 0.359. The molecule has 2 heterocycles. The van der Waals surface area contributed by atoms with E-state index in [9.17, 15) is 13.2 Å². The first-order chi connectivity index (χ1) is 12.8. The highest BCUT2D eigenvalue weighted by atomic mass is 32.2. The van der Waals surface area contributed by atoms with Crippen molar-refractivity contribution in [2.45, 2.75) is 25.3 Å². The van der Waals surface area contributed by atoms with Crippen molar-refractivity contribution in [2.75, 3.05) is 27.0 Å². The number of carbonyl (C=O) groups is 1. The highest BCUT2D eigenvalue weighted by Crippen LogP contribution is 2.33. The lowest BCUT2D eigenvalue weighted by molar-refractivity contribution is -0.122. The van der Waals surface area contributed by atoms with E-state index in [2.05, 4.69) is 4.99 Å². The van der Waals surface area contributed by atoms with E-state index in [1.807, 2.05) is 19.2 Å². The standard InChI is InChI=1S/C17H23N3O5S2/c1-19-12-9-13(24-2)14(25-3)10-15(12)26-17(19)18-16(21)11-7-5-6-8-20(11)27(4,22)23/h9-11H,5-8H2,1-4H3. The maximum Gasteiger partial charge on any atom is 0.266 e. The Labute approximate surface area is 162 Å². The van der Waals surface area contributed by atoms with Gasteiger partial charge in [0.25, 0.3) is 5.91 Å². The number of piperidine rings is 1. The topological polar surface area (TPSA) is 90.2 Å². The van der Waals surface area contributed by atoms with Crippen LogP contribution in [-0.2, 0) is 21.9 Å².